The smallest absolute Gasteiger partial charge is 0.281 e. The first-order valence-corrected chi connectivity index (χ1v) is 5.63. The second-order valence-corrected chi connectivity index (χ2v) is 5.10. The molecule has 0 aliphatic rings. The molecule has 0 heterocycles. The van der Waals surface area contributed by atoms with E-state index in [0.717, 1.165) is 0 Å². The van der Waals surface area contributed by atoms with Crippen molar-refractivity contribution in [2.45, 2.75) is 0 Å². The van der Waals surface area contributed by atoms with Crippen molar-refractivity contribution in [1.29, 1.82) is 0 Å². The average Bonchev–Trinajstić information content (AvgIpc) is 2.04. The van der Waals surface area contributed by atoms with Gasteiger partial charge < -0.3 is 0 Å². The third kappa shape index (κ3) is 3.30. The van der Waals surface area contributed by atoms with Crippen molar-refractivity contribution < 1.29 is 13.0 Å². The fourth-order valence-electron chi connectivity index (χ4n) is 0.755. The maximum atomic E-state index is 10.6. The summed E-state index contributed by atoms with van der Waals surface area (Å²) in [4.78, 5) is 0. The van der Waals surface area contributed by atoms with Gasteiger partial charge in [0.2, 0.25) is 0 Å². The second kappa shape index (κ2) is 4.04. The standard InChI is InChI=1S/C8H7BrO3S/c9-8(13(10,11)12)6-7-4-2-1-3-5-7/h1-6H,(H,10,11,12). The van der Waals surface area contributed by atoms with Crippen molar-refractivity contribution >= 4 is 32.1 Å². The first kappa shape index (κ1) is 10.4. The molecule has 1 rings (SSSR count). The lowest BCUT2D eigenvalue weighted by Gasteiger charge is -1.94. The van der Waals surface area contributed by atoms with E-state index in [2.05, 4.69) is 15.9 Å². The van der Waals surface area contributed by atoms with Gasteiger partial charge in [-0.2, -0.15) is 8.42 Å². The predicted molar refractivity (Wildman–Crippen MR) is 54.9 cm³/mol. The monoisotopic (exact) mass is 262 g/mol. The number of halogens is 1. The van der Waals surface area contributed by atoms with E-state index in [4.69, 9.17) is 4.55 Å². The first-order chi connectivity index (χ1) is 6.00. The highest BCUT2D eigenvalue weighted by atomic mass is 79.9. The third-order valence-electron chi connectivity index (χ3n) is 1.33. The lowest BCUT2D eigenvalue weighted by atomic mass is 10.2. The molecule has 0 saturated carbocycles. The van der Waals surface area contributed by atoms with E-state index in [1.165, 1.54) is 6.08 Å². The molecule has 0 radical (unpaired) electrons. The zero-order valence-electron chi connectivity index (χ0n) is 6.51. The van der Waals surface area contributed by atoms with Crippen molar-refractivity contribution in [3.05, 3.63) is 39.7 Å². The van der Waals surface area contributed by atoms with Gasteiger partial charge in [-0.05, 0) is 27.6 Å². The van der Waals surface area contributed by atoms with Crippen molar-refractivity contribution in [2.24, 2.45) is 0 Å². The molecule has 1 aromatic rings. The highest BCUT2D eigenvalue weighted by Gasteiger charge is 2.08. The summed E-state index contributed by atoms with van der Waals surface area (Å²) < 4.78 is 29.5. The Morgan fingerprint density at radius 3 is 2.31 bits per heavy atom. The van der Waals surface area contributed by atoms with Gasteiger partial charge in [0.25, 0.3) is 0 Å². The minimum Gasteiger partial charge on any atom is -0.281 e. The molecule has 1 aromatic carbocycles. The summed E-state index contributed by atoms with van der Waals surface area (Å²) in [6.07, 6.45) is 1.33. The van der Waals surface area contributed by atoms with Gasteiger partial charge in [0.05, 0.1) is 0 Å². The van der Waals surface area contributed by atoms with Crippen molar-refractivity contribution in [1.82, 2.24) is 0 Å². The maximum absolute atomic E-state index is 10.6. The van der Waals surface area contributed by atoms with E-state index >= 15 is 0 Å². The molecule has 0 spiro atoms. The van der Waals surface area contributed by atoms with Crippen LogP contribution in [0.1, 0.15) is 5.56 Å². The molecular weight excluding hydrogens is 256 g/mol. The predicted octanol–water partition coefficient (Wildman–Crippen LogP) is 2.27. The zero-order chi connectivity index (χ0) is 9.90. The Morgan fingerprint density at radius 2 is 1.85 bits per heavy atom. The Hall–Kier alpha value is -0.650. The zero-order valence-corrected chi connectivity index (χ0v) is 8.92. The van der Waals surface area contributed by atoms with Crippen LogP contribution in [0.25, 0.3) is 6.08 Å². The third-order valence-corrected chi connectivity index (χ3v) is 3.39. The van der Waals surface area contributed by atoms with Gasteiger partial charge in [-0.25, -0.2) is 0 Å². The lowest BCUT2D eigenvalue weighted by Crippen LogP contribution is -1.94. The molecule has 0 amide bonds. The van der Waals surface area contributed by atoms with Gasteiger partial charge in [-0.1, -0.05) is 30.3 Å². The number of benzene rings is 1. The molecule has 0 aliphatic carbocycles. The van der Waals surface area contributed by atoms with Crippen LogP contribution in [-0.4, -0.2) is 13.0 Å². The SMILES string of the molecule is O=S(=O)(O)C(Br)=Cc1ccccc1. The molecule has 0 aliphatic heterocycles. The van der Waals surface area contributed by atoms with Crippen LogP contribution in [0.3, 0.4) is 0 Å². The van der Waals surface area contributed by atoms with Crippen molar-refractivity contribution in [2.75, 3.05) is 0 Å². The van der Waals surface area contributed by atoms with E-state index in [-0.39, 0.29) is 3.81 Å². The van der Waals surface area contributed by atoms with E-state index in [1.54, 1.807) is 24.3 Å². The van der Waals surface area contributed by atoms with Crippen LogP contribution in [0.2, 0.25) is 0 Å². The van der Waals surface area contributed by atoms with Crippen molar-refractivity contribution in [3.8, 4) is 0 Å². The molecule has 13 heavy (non-hydrogen) atoms. The molecular formula is C8H7BrO3S. The van der Waals surface area contributed by atoms with Gasteiger partial charge >= 0.3 is 10.1 Å². The molecule has 5 heteroatoms. The molecule has 0 fully saturated rings. The summed E-state index contributed by atoms with van der Waals surface area (Å²) in [5.41, 5.74) is 0.701. The Bertz CT molecular complexity index is 408. The van der Waals surface area contributed by atoms with Crippen LogP contribution in [0.4, 0.5) is 0 Å². The van der Waals surface area contributed by atoms with E-state index in [9.17, 15) is 8.42 Å². The fourth-order valence-corrected chi connectivity index (χ4v) is 1.30. The highest BCUT2D eigenvalue weighted by molar-refractivity contribution is 9.13. The van der Waals surface area contributed by atoms with Gasteiger partial charge in [0, 0.05) is 0 Å². The summed E-state index contributed by atoms with van der Waals surface area (Å²) in [5, 5.41) is 0. The van der Waals surface area contributed by atoms with E-state index in [1.807, 2.05) is 6.07 Å². The fraction of sp³-hybridized carbons (Fsp3) is 0. The highest BCUT2D eigenvalue weighted by Crippen LogP contribution is 2.16. The van der Waals surface area contributed by atoms with Crippen LogP contribution in [0.15, 0.2) is 34.1 Å². The Morgan fingerprint density at radius 1 is 1.31 bits per heavy atom. The molecule has 0 aromatic heterocycles. The second-order valence-electron chi connectivity index (χ2n) is 2.33. The van der Waals surface area contributed by atoms with Gasteiger partial charge in [0.1, 0.15) is 3.81 Å². The molecule has 0 saturated heterocycles. The normalized spacial score (nSPS) is 12.9. The Balaban J connectivity index is 3.04. The Kier molecular flexibility index (Phi) is 3.24. The molecule has 0 bridgehead atoms. The number of hydrogen-bond acceptors (Lipinski definition) is 2. The van der Waals surface area contributed by atoms with E-state index < -0.39 is 10.1 Å². The minimum atomic E-state index is -4.12. The molecule has 3 nitrogen and oxygen atoms in total. The van der Waals surface area contributed by atoms with Crippen LogP contribution < -0.4 is 0 Å². The van der Waals surface area contributed by atoms with Crippen LogP contribution in [0, 0.1) is 0 Å². The summed E-state index contributed by atoms with van der Waals surface area (Å²) in [6.45, 7) is 0. The minimum absolute atomic E-state index is 0.244. The van der Waals surface area contributed by atoms with Crippen LogP contribution in [0.5, 0.6) is 0 Å². The summed E-state index contributed by atoms with van der Waals surface area (Å²) in [6, 6.07) is 8.82. The topological polar surface area (TPSA) is 54.4 Å². The average molecular weight is 263 g/mol. The quantitative estimate of drug-likeness (QED) is 0.833. The first-order valence-electron chi connectivity index (χ1n) is 3.40. The molecule has 0 atom stereocenters. The lowest BCUT2D eigenvalue weighted by molar-refractivity contribution is 0.494. The summed E-state index contributed by atoms with van der Waals surface area (Å²) in [7, 11) is -4.12. The van der Waals surface area contributed by atoms with Crippen molar-refractivity contribution in [3.63, 3.8) is 0 Å². The molecule has 1 N–H and O–H groups in total. The molecule has 70 valence electrons. The van der Waals surface area contributed by atoms with E-state index in [0.29, 0.717) is 5.56 Å². The van der Waals surface area contributed by atoms with Gasteiger partial charge in [-0.15, -0.1) is 0 Å². The van der Waals surface area contributed by atoms with Gasteiger partial charge in [-0.3, -0.25) is 4.55 Å². The van der Waals surface area contributed by atoms with Crippen LogP contribution >= 0.6 is 15.9 Å². The van der Waals surface area contributed by atoms with Gasteiger partial charge in [0.15, 0.2) is 0 Å². The largest absolute Gasteiger partial charge is 0.301 e. The maximum Gasteiger partial charge on any atom is 0.301 e. The Labute approximate surface area is 85.0 Å². The number of rotatable bonds is 2. The molecule has 0 unspecified atom stereocenters. The summed E-state index contributed by atoms with van der Waals surface area (Å²) >= 11 is 2.76. The number of hydrogen-bond donors (Lipinski definition) is 1. The summed E-state index contributed by atoms with van der Waals surface area (Å²) in [5.74, 6) is 0. The van der Waals surface area contributed by atoms with Crippen LogP contribution in [-0.2, 0) is 10.1 Å².